The first-order valence-corrected chi connectivity index (χ1v) is 6.30. The summed E-state index contributed by atoms with van der Waals surface area (Å²) in [5.74, 6) is 1.54. The lowest BCUT2D eigenvalue weighted by Crippen LogP contribution is -2.31. The molecule has 0 fully saturated rings. The van der Waals surface area contributed by atoms with Crippen LogP contribution in [0.4, 0.5) is 0 Å². The minimum absolute atomic E-state index is 0.0307. The molecule has 0 radical (unpaired) electrons. The third kappa shape index (κ3) is 5.18. The fourth-order valence-electron chi connectivity index (χ4n) is 1.78. The Labute approximate surface area is 114 Å². The van der Waals surface area contributed by atoms with Gasteiger partial charge < -0.3 is 20.5 Å². The molecule has 0 aromatic heterocycles. The molecule has 1 rings (SSSR count). The fourth-order valence-corrected chi connectivity index (χ4v) is 1.78. The van der Waals surface area contributed by atoms with Crippen LogP contribution in [0.25, 0.3) is 0 Å². The number of benzene rings is 1. The molecule has 0 heterocycles. The van der Waals surface area contributed by atoms with E-state index in [0.29, 0.717) is 19.4 Å². The van der Waals surface area contributed by atoms with Gasteiger partial charge in [-0.05, 0) is 37.1 Å². The summed E-state index contributed by atoms with van der Waals surface area (Å²) in [5, 5.41) is 2.84. The molecule has 1 amide bonds. The van der Waals surface area contributed by atoms with Gasteiger partial charge in [0.15, 0.2) is 0 Å². The first kappa shape index (κ1) is 15.3. The second-order valence-corrected chi connectivity index (χ2v) is 4.46. The molecule has 19 heavy (non-hydrogen) atoms. The molecule has 0 bridgehead atoms. The van der Waals surface area contributed by atoms with E-state index >= 15 is 0 Å². The van der Waals surface area contributed by atoms with Crippen LogP contribution in [0.15, 0.2) is 18.2 Å². The molecule has 5 heteroatoms. The number of amides is 1. The van der Waals surface area contributed by atoms with Gasteiger partial charge >= 0.3 is 0 Å². The predicted octanol–water partition coefficient (Wildman–Crippen LogP) is 1.10. The molecule has 1 aromatic carbocycles. The van der Waals surface area contributed by atoms with Gasteiger partial charge in [-0.2, -0.15) is 0 Å². The number of nitrogens with two attached hydrogens (primary N) is 1. The van der Waals surface area contributed by atoms with E-state index in [4.69, 9.17) is 15.2 Å². The van der Waals surface area contributed by atoms with Gasteiger partial charge in [-0.25, -0.2) is 0 Å². The molecule has 1 aromatic rings. The van der Waals surface area contributed by atoms with Gasteiger partial charge in [0, 0.05) is 19.0 Å². The molecule has 0 aliphatic carbocycles. The standard InChI is InChI=1S/C14H22N2O3/c1-10(15)8-14(17)16-7-6-11-9-12(18-2)4-5-13(11)19-3/h4-5,9-10H,6-8,15H2,1-3H3,(H,16,17). The average molecular weight is 266 g/mol. The number of hydrogen-bond donors (Lipinski definition) is 2. The van der Waals surface area contributed by atoms with E-state index in [1.165, 1.54) is 0 Å². The van der Waals surface area contributed by atoms with Crippen molar-refractivity contribution < 1.29 is 14.3 Å². The Morgan fingerprint density at radius 3 is 2.68 bits per heavy atom. The zero-order valence-electron chi connectivity index (χ0n) is 11.7. The van der Waals surface area contributed by atoms with Crippen LogP contribution >= 0.6 is 0 Å². The van der Waals surface area contributed by atoms with Crippen molar-refractivity contribution >= 4 is 5.91 Å². The molecule has 0 aliphatic heterocycles. The third-order valence-electron chi connectivity index (χ3n) is 2.71. The van der Waals surface area contributed by atoms with Gasteiger partial charge in [0.05, 0.1) is 14.2 Å². The molecule has 106 valence electrons. The van der Waals surface area contributed by atoms with E-state index < -0.39 is 0 Å². The highest BCUT2D eigenvalue weighted by Crippen LogP contribution is 2.24. The topological polar surface area (TPSA) is 73.6 Å². The summed E-state index contributed by atoms with van der Waals surface area (Å²) in [7, 11) is 3.25. The van der Waals surface area contributed by atoms with Crippen molar-refractivity contribution in [3.05, 3.63) is 23.8 Å². The van der Waals surface area contributed by atoms with Crippen LogP contribution in [-0.4, -0.2) is 32.7 Å². The van der Waals surface area contributed by atoms with Crippen LogP contribution in [0.5, 0.6) is 11.5 Å². The molecule has 0 aliphatic rings. The number of rotatable bonds is 7. The summed E-state index contributed by atoms with van der Waals surface area (Å²) in [5.41, 5.74) is 6.57. The number of carbonyl (C=O) groups excluding carboxylic acids is 1. The molecular formula is C14H22N2O3. The molecule has 3 N–H and O–H groups in total. The van der Waals surface area contributed by atoms with Gasteiger partial charge in [0.2, 0.25) is 5.91 Å². The number of nitrogens with one attached hydrogen (secondary N) is 1. The third-order valence-corrected chi connectivity index (χ3v) is 2.71. The van der Waals surface area contributed by atoms with Gasteiger partial charge in [-0.3, -0.25) is 4.79 Å². The van der Waals surface area contributed by atoms with Gasteiger partial charge in [-0.1, -0.05) is 0 Å². The number of carbonyl (C=O) groups is 1. The minimum atomic E-state index is -0.119. The Morgan fingerprint density at radius 2 is 2.11 bits per heavy atom. The van der Waals surface area contributed by atoms with Gasteiger partial charge in [0.1, 0.15) is 11.5 Å². The van der Waals surface area contributed by atoms with E-state index in [9.17, 15) is 4.79 Å². The first-order valence-electron chi connectivity index (χ1n) is 6.30. The lowest BCUT2D eigenvalue weighted by molar-refractivity contribution is -0.121. The van der Waals surface area contributed by atoms with Crippen LogP contribution < -0.4 is 20.5 Å². The summed E-state index contributed by atoms with van der Waals surface area (Å²) in [6.07, 6.45) is 1.03. The number of methoxy groups -OCH3 is 2. The molecule has 5 nitrogen and oxygen atoms in total. The van der Waals surface area contributed by atoms with Crippen molar-refractivity contribution in [1.82, 2.24) is 5.32 Å². The lowest BCUT2D eigenvalue weighted by atomic mass is 10.1. The van der Waals surface area contributed by atoms with Crippen LogP contribution in [0.3, 0.4) is 0 Å². The quantitative estimate of drug-likeness (QED) is 0.775. The van der Waals surface area contributed by atoms with Crippen molar-refractivity contribution in [3.8, 4) is 11.5 Å². The maximum Gasteiger partial charge on any atom is 0.221 e. The Kier molecular flexibility index (Phi) is 6.15. The van der Waals surface area contributed by atoms with Crippen LogP contribution in [0.1, 0.15) is 18.9 Å². The maximum atomic E-state index is 11.5. The van der Waals surface area contributed by atoms with E-state index in [-0.39, 0.29) is 11.9 Å². The Bertz CT molecular complexity index is 419. The van der Waals surface area contributed by atoms with Crippen molar-refractivity contribution in [1.29, 1.82) is 0 Å². The van der Waals surface area contributed by atoms with Crippen molar-refractivity contribution in [3.63, 3.8) is 0 Å². The minimum Gasteiger partial charge on any atom is -0.497 e. The molecular weight excluding hydrogens is 244 g/mol. The van der Waals surface area contributed by atoms with Crippen molar-refractivity contribution in [2.45, 2.75) is 25.8 Å². The summed E-state index contributed by atoms with van der Waals surface area (Å²) in [6.45, 7) is 2.36. The van der Waals surface area contributed by atoms with E-state index in [1.54, 1.807) is 14.2 Å². The largest absolute Gasteiger partial charge is 0.497 e. The molecule has 1 atom stereocenters. The highest BCUT2D eigenvalue weighted by molar-refractivity contribution is 5.76. The monoisotopic (exact) mass is 266 g/mol. The van der Waals surface area contributed by atoms with E-state index in [2.05, 4.69) is 5.32 Å². The van der Waals surface area contributed by atoms with Gasteiger partial charge in [0.25, 0.3) is 0 Å². The molecule has 1 unspecified atom stereocenters. The normalized spacial score (nSPS) is 11.8. The molecule has 0 saturated carbocycles. The Hall–Kier alpha value is -1.75. The summed E-state index contributed by atoms with van der Waals surface area (Å²) in [6, 6.07) is 5.50. The summed E-state index contributed by atoms with van der Waals surface area (Å²) >= 11 is 0. The van der Waals surface area contributed by atoms with Crippen molar-refractivity contribution in [2.24, 2.45) is 5.73 Å². The van der Waals surface area contributed by atoms with Crippen LogP contribution in [0.2, 0.25) is 0 Å². The fraction of sp³-hybridized carbons (Fsp3) is 0.500. The first-order chi connectivity index (χ1) is 9.06. The predicted molar refractivity (Wildman–Crippen MR) is 74.5 cm³/mol. The highest BCUT2D eigenvalue weighted by atomic mass is 16.5. The van der Waals surface area contributed by atoms with E-state index in [0.717, 1.165) is 17.1 Å². The summed E-state index contributed by atoms with van der Waals surface area (Å²) < 4.78 is 10.5. The molecule has 0 saturated heterocycles. The highest BCUT2D eigenvalue weighted by Gasteiger charge is 2.07. The van der Waals surface area contributed by atoms with Crippen molar-refractivity contribution in [2.75, 3.05) is 20.8 Å². The second-order valence-electron chi connectivity index (χ2n) is 4.46. The van der Waals surface area contributed by atoms with Gasteiger partial charge in [-0.15, -0.1) is 0 Å². The Balaban J connectivity index is 2.54. The lowest BCUT2D eigenvalue weighted by Gasteiger charge is -2.11. The van der Waals surface area contributed by atoms with Crippen LogP contribution in [0, 0.1) is 0 Å². The molecule has 0 spiro atoms. The SMILES string of the molecule is COc1ccc(OC)c(CCNC(=O)CC(C)N)c1. The van der Waals surface area contributed by atoms with E-state index in [1.807, 2.05) is 25.1 Å². The number of hydrogen-bond acceptors (Lipinski definition) is 4. The maximum absolute atomic E-state index is 11.5. The second kappa shape index (κ2) is 7.63. The number of ether oxygens (including phenoxy) is 2. The zero-order valence-corrected chi connectivity index (χ0v) is 11.7. The smallest absolute Gasteiger partial charge is 0.221 e. The summed E-state index contributed by atoms with van der Waals surface area (Å²) in [4.78, 5) is 11.5. The van der Waals surface area contributed by atoms with Crippen LogP contribution in [-0.2, 0) is 11.2 Å². The Morgan fingerprint density at radius 1 is 1.37 bits per heavy atom. The zero-order chi connectivity index (χ0) is 14.3. The average Bonchev–Trinajstić information content (AvgIpc) is 2.37.